The maximum absolute atomic E-state index is 13.0. The van der Waals surface area contributed by atoms with E-state index in [4.69, 9.17) is 0 Å². The molecule has 2 unspecified atom stereocenters. The molecule has 110 valence electrons. The van der Waals surface area contributed by atoms with Crippen LogP contribution in [0.1, 0.15) is 19.3 Å². The molecule has 2 N–H and O–H groups in total. The lowest BCUT2D eigenvalue weighted by Crippen LogP contribution is -2.28. The minimum Gasteiger partial charge on any atom is -0.392 e. The highest BCUT2D eigenvalue weighted by Gasteiger charge is 2.32. The fourth-order valence-electron chi connectivity index (χ4n) is 2.60. The van der Waals surface area contributed by atoms with Crippen molar-refractivity contribution in [1.29, 1.82) is 0 Å². The van der Waals surface area contributed by atoms with E-state index in [1.165, 1.54) is 23.5 Å². The minimum atomic E-state index is -0.563. The van der Waals surface area contributed by atoms with Gasteiger partial charge in [-0.15, -0.1) is 11.3 Å². The Labute approximate surface area is 125 Å². The molecule has 0 aliphatic heterocycles. The summed E-state index contributed by atoms with van der Waals surface area (Å²) in [4.78, 5) is 16.4. The van der Waals surface area contributed by atoms with Gasteiger partial charge in [0.15, 0.2) is 0 Å². The summed E-state index contributed by atoms with van der Waals surface area (Å²) in [5.74, 6) is -0.838. The van der Waals surface area contributed by atoms with Crippen molar-refractivity contribution in [2.45, 2.75) is 25.4 Å². The van der Waals surface area contributed by atoms with Gasteiger partial charge in [-0.25, -0.2) is 9.37 Å². The number of aliphatic hydroxyl groups excluding tert-OH is 1. The molecular formula is C15H15FN2O2S. The molecule has 21 heavy (non-hydrogen) atoms. The lowest BCUT2D eigenvalue weighted by atomic mass is 10.1. The molecule has 0 spiro atoms. The van der Waals surface area contributed by atoms with E-state index in [1.54, 1.807) is 17.6 Å². The van der Waals surface area contributed by atoms with Gasteiger partial charge in [0.05, 0.1) is 17.5 Å². The number of carbonyl (C=O) groups is 1. The third-order valence-corrected chi connectivity index (χ3v) is 4.48. The highest BCUT2D eigenvalue weighted by atomic mass is 32.1. The average Bonchev–Trinajstić information content (AvgIpc) is 3.09. The van der Waals surface area contributed by atoms with Crippen molar-refractivity contribution in [3.05, 3.63) is 35.6 Å². The van der Waals surface area contributed by atoms with Gasteiger partial charge in [-0.2, -0.15) is 0 Å². The summed E-state index contributed by atoms with van der Waals surface area (Å²) in [5.41, 5.74) is 3.01. The highest BCUT2D eigenvalue weighted by molar-refractivity contribution is 7.14. The fraction of sp³-hybridized carbons (Fsp3) is 0.333. The van der Waals surface area contributed by atoms with E-state index in [0.29, 0.717) is 23.5 Å². The second-order valence-corrected chi connectivity index (χ2v) is 5.99. The van der Waals surface area contributed by atoms with Crippen LogP contribution in [0.5, 0.6) is 0 Å². The number of carbonyl (C=O) groups excluding carboxylic acids is 1. The first-order valence-electron chi connectivity index (χ1n) is 6.83. The second kappa shape index (κ2) is 5.91. The summed E-state index contributed by atoms with van der Waals surface area (Å²) in [6.45, 7) is 0. The number of aliphatic hydroxyl groups is 1. The number of nitrogens with one attached hydrogen (secondary N) is 1. The first kappa shape index (κ1) is 14.2. The van der Waals surface area contributed by atoms with Crippen molar-refractivity contribution in [2.24, 2.45) is 5.92 Å². The molecule has 1 saturated carbocycles. The predicted octanol–water partition coefficient (Wildman–Crippen LogP) is 3.05. The topological polar surface area (TPSA) is 62.2 Å². The van der Waals surface area contributed by atoms with Crippen molar-refractivity contribution in [1.82, 2.24) is 4.98 Å². The van der Waals surface area contributed by atoms with Crippen molar-refractivity contribution >= 4 is 22.2 Å². The smallest absolute Gasteiger partial charge is 0.230 e. The predicted molar refractivity (Wildman–Crippen MR) is 79.5 cm³/mol. The Morgan fingerprint density at radius 3 is 2.76 bits per heavy atom. The molecule has 1 aliphatic carbocycles. The molecule has 1 fully saturated rings. The molecule has 2 aromatic rings. The van der Waals surface area contributed by atoms with Gasteiger partial charge in [0.25, 0.3) is 0 Å². The Balaban J connectivity index is 1.79. The van der Waals surface area contributed by atoms with Crippen LogP contribution in [0, 0.1) is 11.7 Å². The van der Waals surface area contributed by atoms with Crippen LogP contribution in [-0.4, -0.2) is 22.1 Å². The Morgan fingerprint density at radius 1 is 1.33 bits per heavy atom. The van der Waals surface area contributed by atoms with Crippen LogP contribution in [0.15, 0.2) is 29.8 Å². The van der Waals surface area contributed by atoms with Gasteiger partial charge < -0.3 is 10.4 Å². The molecule has 3 rings (SSSR count). The summed E-state index contributed by atoms with van der Waals surface area (Å²) >= 11 is 1.32. The third kappa shape index (κ3) is 2.96. The number of anilines is 1. The normalized spacial score (nSPS) is 21.4. The molecule has 0 saturated heterocycles. The number of amides is 1. The second-order valence-electron chi connectivity index (χ2n) is 5.13. The first-order chi connectivity index (χ1) is 10.1. The third-order valence-electron chi connectivity index (χ3n) is 3.74. The number of hydrogen-bond donors (Lipinski definition) is 2. The molecule has 1 aromatic heterocycles. The van der Waals surface area contributed by atoms with Crippen LogP contribution < -0.4 is 5.32 Å². The maximum Gasteiger partial charge on any atom is 0.230 e. The van der Waals surface area contributed by atoms with Crippen LogP contribution in [0.25, 0.3) is 11.3 Å². The maximum atomic E-state index is 13.0. The molecular weight excluding hydrogens is 291 g/mol. The van der Waals surface area contributed by atoms with Crippen molar-refractivity contribution in [3.8, 4) is 11.3 Å². The molecule has 6 heteroatoms. The van der Waals surface area contributed by atoms with Gasteiger partial charge in [-0.3, -0.25) is 4.79 Å². The lowest BCUT2D eigenvalue weighted by Gasteiger charge is -2.14. The number of benzene rings is 1. The largest absolute Gasteiger partial charge is 0.392 e. The molecule has 0 radical (unpaired) electrons. The SMILES string of the molecule is O=C(Nc1scnc1-c1ccc(F)cc1)C1CCCC1O. The Kier molecular flexibility index (Phi) is 3.98. The summed E-state index contributed by atoms with van der Waals surface area (Å²) in [5, 5.41) is 13.3. The number of hydrogen-bond acceptors (Lipinski definition) is 4. The summed E-state index contributed by atoms with van der Waals surface area (Å²) in [7, 11) is 0. The number of nitrogens with zero attached hydrogens (tertiary/aromatic N) is 1. The number of halogens is 1. The molecule has 1 amide bonds. The quantitative estimate of drug-likeness (QED) is 0.916. The van der Waals surface area contributed by atoms with Gasteiger partial charge in [0.1, 0.15) is 16.5 Å². The van der Waals surface area contributed by atoms with E-state index in [2.05, 4.69) is 10.3 Å². The summed E-state index contributed by atoms with van der Waals surface area (Å²) in [6.07, 6.45) is 1.68. The fourth-order valence-corrected chi connectivity index (χ4v) is 3.30. The molecule has 1 aliphatic rings. The van der Waals surface area contributed by atoms with Gasteiger partial charge in [-0.1, -0.05) is 0 Å². The van der Waals surface area contributed by atoms with Crippen molar-refractivity contribution in [2.75, 3.05) is 5.32 Å². The molecule has 1 heterocycles. The van der Waals surface area contributed by atoms with E-state index < -0.39 is 6.10 Å². The van der Waals surface area contributed by atoms with Crippen LogP contribution in [-0.2, 0) is 4.79 Å². The van der Waals surface area contributed by atoms with E-state index >= 15 is 0 Å². The van der Waals surface area contributed by atoms with Gasteiger partial charge in [-0.05, 0) is 43.5 Å². The van der Waals surface area contributed by atoms with E-state index in [1.807, 2.05) is 0 Å². The van der Waals surface area contributed by atoms with E-state index in [0.717, 1.165) is 12.0 Å². The van der Waals surface area contributed by atoms with Gasteiger partial charge in [0, 0.05) is 5.56 Å². The summed E-state index contributed by atoms with van der Waals surface area (Å²) in [6, 6.07) is 5.98. The van der Waals surface area contributed by atoms with Crippen LogP contribution >= 0.6 is 11.3 Å². The van der Waals surface area contributed by atoms with E-state index in [9.17, 15) is 14.3 Å². The van der Waals surface area contributed by atoms with Crippen LogP contribution in [0.3, 0.4) is 0 Å². The highest BCUT2D eigenvalue weighted by Crippen LogP contribution is 2.32. The average molecular weight is 306 g/mol. The van der Waals surface area contributed by atoms with Gasteiger partial charge >= 0.3 is 0 Å². The number of aromatic nitrogens is 1. The lowest BCUT2D eigenvalue weighted by molar-refractivity contribution is -0.122. The Morgan fingerprint density at radius 2 is 2.10 bits per heavy atom. The number of thiazole rings is 1. The summed E-state index contributed by atoms with van der Waals surface area (Å²) < 4.78 is 13.0. The van der Waals surface area contributed by atoms with Crippen molar-refractivity contribution < 1.29 is 14.3 Å². The van der Waals surface area contributed by atoms with Crippen LogP contribution in [0.2, 0.25) is 0 Å². The van der Waals surface area contributed by atoms with Gasteiger partial charge in [0.2, 0.25) is 5.91 Å². The molecule has 1 aromatic carbocycles. The van der Waals surface area contributed by atoms with Crippen LogP contribution in [0.4, 0.5) is 9.39 Å². The molecule has 4 nitrogen and oxygen atoms in total. The zero-order chi connectivity index (χ0) is 14.8. The standard InChI is InChI=1S/C15H15FN2O2S/c16-10-6-4-9(5-7-10)13-15(21-8-17-13)18-14(20)11-2-1-3-12(11)19/h4-8,11-12,19H,1-3H2,(H,18,20). The van der Waals surface area contributed by atoms with E-state index in [-0.39, 0.29) is 17.6 Å². The van der Waals surface area contributed by atoms with Crippen molar-refractivity contribution in [3.63, 3.8) is 0 Å². The zero-order valence-electron chi connectivity index (χ0n) is 11.3. The monoisotopic (exact) mass is 306 g/mol. The number of rotatable bonds is 3. The minimum absolute atomic E-state index is 0.174. The Hall–Kier alpha value is -1.79. The first-order valence-corrected chi connectivity index (χ1v) is 7.71. The Bertz CT molecular complexity index is 641. The molecule has 2 atom stereocenters. The molecule has 0 bridgehead atoms. The zero-order valence-corrected chi connectivity index (χ0v) is 12.1.